The third-order valence-corrected chi connectivity index (χ3v) is 3.72. The lowest BCUT2D eigenvalue weighted by Crippen LogP contribution is -2.41. The summed E-state index contributed by atoms with van der Waals surface area (Å²) in [6.07, 6.45) is 2.93. The van der Waals surface area contributed by atoms with Crippen LogP contribution in [0.2, 0.25) is 0 Å². The molecule has 0 radical (unpaired) electrons. The molecule has 0 aromatic carbocycles. The maximum Gasteiger partial charge on any atom is 0.194 e. The molecule has 0 atom stereocenters. The largest absolute Gasteiger partial charge is 0.388 e. The Kier molecular flexibility index (Phi) is 6.61. The number of aryl methyl sites for hydroxylation is 1. The first kappa shape index (κ1) is 17.4. The molecule has 0 aliphatic rings. The van der Waals surface area contributed by atoms with E-state index in [0.29, 0.717) is 25.9 Å². The van der Waals surface area contributed by atoms with E-state index in [-0.39, 0.29) is 0 Å². The highest BCUT2D eigenvalue weighted by atomic mass is 16.3. The average molecular weight is 296 g/mol. The molecule has 1 rings (SSSR count). The van der Waals surface area contributed by atoms with E-state index in [1.165, 1.54) is 0 Å². The molecule has 21 heavy (non-hydrogen) atoms. The van der Waals surface area contributed by atoms with Gasteiger partial charge in [0.15, 0.2) is 5.96 Å². The van der Waals surface area contributed by atoms with Crippen molar-refractivity contribution in [2.75, 3.05) is 20.1 Å². The molecule has 7 heteroatoms. The Morgan fingerprint density at radius 1 is 1.43 bits per heavy atom. The fraction of sp³-hybridized carbons (Fsp3) is 0.786. The topological polar surface area (TPSA) is 78.6 Å². The smallest absolute Gasteiger partial charge is 0.194 e. The summed E-state index contributed by atoms with van der Waals surface area (Å²) >= 11 is 0. The molecular formula is C14H28N6O. The molecule has 2 N–H and O–H groups in total. The van der Waals surface area contributed by atoms with Crippen molar-refractivity contribution in [3.05, 3.63) is 12.2 Å². The van der Waals surface area contributed by atoms with Crippen LogP contribution in [0.5, 0.6) is 0 Å². The Morgan fingerprint density at radius 2 is 2.10 bits per heavy atom. The molecule has 0 saturated carbocycles. The number of aromatic nitrogens is 3. The summed E-state index contributed by atoms with van der Waals surface area (Å²) in [6.45, 7) is 7.77. The first-order chi connectivity index (χ1) is 9.95. The van der Waals surface area contributed by atoms with Crippen molar-refractivity contribution in [2.45, 2.75) is 45.8 Å². The van der Waals surface area contributed by atoms with E-state index in [0.717, 1.165) is 18.3 Å². The molecule has 0 amide bonds. The van der Waals surface area contributed by atoms with E-state index in [4.69, 9.17) is 0 Å². The molecule has 7 nitrogen and oxygen atoms in total. The number of rotatable bonds is 7. The second kappa shape index (κ2) is 7.97. The van der Waals surface area contributed by atoms with Gasteiger partial charge in [-0.3, -0.25) is 9.67 Å². The van der Waals surface area contributed by atoms with E-state index in [2.05, 4.69) is 20.4 Å². The second-order valence-corrected chi connectivity index (χ2v) is 5.26. The highest BCUT2D eigenvalue weighted by Crippen LogP contribution is 2.15. The molecule has 0 aliphatic heterocycles. The van der Waals surface area contributed by atoms with Gasteiger partial charge in [0.1, 0.15) is 12.2 Å². The summed E-state index contributed by atoms with van der Waals surface area (Å²) in [4.78, 5) is 10.8. The predicted octanol–water partition coefficient (Wildman–Crippen LogP) is 0.764. The third kappa shape index (κ3) is 5.00. The van der Waals surface area contributed by atoms with Crippen molar-refractivity contribution in [3.8, 4) is 0 Å². The standard InChI is InChI=1S/C14H28N6O/c1-6-14(21,7-2)10-16-13(15-8-3)19(4)9-12-17-11-18-20(12)5/h11,21H,6-10H2,1-5H3,(H,15,16). The number of aliphatic hydroxyl groups is 1. The molecule has 1 aromatic heterocycles. The van der Waals surface area contributed by atoms with Crippen molar-refractivity contribution in [1.29, 1.82) is 0 Å². The summed E-state index contributed by atoms with van der Waals surface area (Å²) in [5.41, 5.74) is -0.730. The van der Waals surface area contributed by atoms with Crippen molar-refractivity contribution in [3.63, 3.8) is 0 Å². The maximum absolute atomic E-state index is 10.3. The van der Waals surface area contributed by atoms with Gasteiger partial charge in [-0.15, -0.1) is 0 Å². The van der Waals surface area contributed by atoms with E-state index in [9.17, 15) is 5.11 Å². The highest BCUT2D eigenvalue weighted by Gasteiger charge is 2.22. The van der Waals surface area contributed by atoms with Crippen molar-refractivity contribution < 1.29 is 5.11 Å². The zero-order chi connectivity index (χ0) is 15.9. The molecule has 0 aliphatic carbocycles. The van der Waals surface area contributed by atoms with Crippen LogP contribution in [0.4, 0.5) is 0 Å². The Balaban J connectivity index is 2.77. The maximum atomic E-state index is 10.3. The van der Waals surface area contributed by atoms with Crippen LogP contribution in [0.15, 0.2) is 11.3 Å². The summed E-state index contributed by atoms with van der Waals surface area (Å²) in [5.74, 6) is 1.63. The molecule has 1 heterocycles. The molecule has 120 valence electrons. The summed E-state index contributed by atoms with van der Waals surface area (Å²) < 4.78 is 1.74. The zero-order valence-corrected chi connectivity index (χ0v) is 13.8. The SMILES string of the molecule is CCNC(=NCC(O)(CC)CC)N(C)Cc1ncnn1C. The zero-order valence-electron chi connectivity index (χ0n) is 13.8. The summed E-state index contributed by atoms with van der Waals surface area (Å²) in [7, 11) is 3.82. The first-order valence-electron chi connectivity index (χ1n) is 7.50. The van der Waals surface area contributed by atoms with Crippen molar-refractivity contribution >= 4 is 5.96 Å². The van der Waals surface area contributed by atoms with Crippen LogP contribution in [-0.4, -0.2) is 56.5 Å². The second-order valence-electron chi connectivity index (χ2n) is 5.26. The van der Waals surface area contributed by atoms with E-state index >= 15 is 0 Å². The molecular weight excluding hydrogens is 268 g/mol. The lowest BCUT2D eigenvalue weighted by atomic mass is 9.98. The van der Waals surface area contributed by atoms with Gasteiger partial charge in [-0.2, -0.15) is 5.10 Å². The lowest BCUT2D eigenvalue weighted by molar-refractivity contribution is 0.0416. The van der Waals surface area contributed by atoms with Gasteiger partial charge >= 0.3 is 0 Å². The Morgan fingerprint density at radius 3 is 2.57 bits per heavy atom. The fourth-order valence-electron chi connectivity index (χ4n) is 1.92. The van der Waals surface area contributed by atoms with Crippen LogP contribution in [-0.2, 0) is 13.6 Å². The molecule has 1 aromatic rings. The lowest BCUT2D eigenvalue weighted by Gasteiger charge is -2.26. The minimum atomic E-state index is -0.730. The molecule has 0 spiro atoms. The van der Waals surface area contributed by atoms with Gasteiger partial charge in [0.05, 0.1) is 18.7 Å². The predicted molar refractivity (Wildman–Crippen MR) is 84.0 cm³/mol. The first-order valence-corrected chi connectivity index (χ1v) is 7.50. The summed E-state index contributed by atoms with van der Waals surface area (Å²) in [5, 5.41) is 17.7. The van der Waals surface area contributed by atoms with E-state index in [1.54, 1.807) is 11.0 Å². The number of hydrogen-bond donors (Lipinski definition) is 2. The minimum absolute atomic E-state index is 0.394. The quantitative estimate of drug-likeness (QED) is 0.574. The molecule has 0 bridgehead atoms. The van der Waals surface area contributed by atoms with Crippen LogP contribution in [0, 0.1) is 0 Å². The number of nitrogens with zero attached hydrogens (tertiary/aromatic N) is 5. The van der Waals surface area contributed by atoms with Crippen LogP contribution < -0.4 is 5.32 Å². The molecule has 0 saturated heterocycles. The average Bonchev–Trinajstić information content (AvgIpc) is 2.88. The Labute approximate surface area is 127 Å². The number of aliphatic imine (C=N–C) groups is 1. The van der Waals surface area contributed by atoms with Gasteiger partial charge in [0.2, 0.25) is 0 Å². The van der Waals surface area contributed by atoms with E-state index < -0.39 is 5.60 Å². The van der Waals surface area contributed by atoms with Gasteiger partial charge in [-0.25, -0.2) is 4.98 Å². The van der Waals surface area contributed by atoms with Gasteiger partial charge in [0, 0.05) is 20.6 Å². The van der Waals surface area contributed by atoms with Crippen LogP contribution in [0.1, 0.15) is 39.4 Å². The van der Waals surface area contributed by atoms with Crippen LogP contribution >= 0.6 is 0 Å². The van der Waals surface area contributed by atoms with Gasteiger partial charge < -0.3 is 15.3 Å². The number of hydrogen-bond acceptors (Lipinski definition) is 4. The number of nitrogens with one attached hydrogen (secondary N) is 1. The minimum Gasteiger partial charge on any atom is -0.388 e. The highest BCUT2D eigenvalue weighted by molar-refractivity contribution is 5.79. The van der Waals surface area contributed by atoms with Gasteiger partial charge in [-0.1, -0.05) is 13.8 Å². The Hall–Kier alpha value is -1.63. The normalized spacial score (nSPS) is 12.6. The fourth-order valence-corrected chi connectivity index (χ4v) is 1.92. The molecule has 0 fully saturated rings. The monoisotopic (exact) mass is 296 g/mol. The van der Waals surface area contributed by atoms with Crippen LogP contribution in [0.3, 0.4) is 0 Å². The van der Waals surface area contributed by atoms with E-state index in [1.807, 2.05) is 39.8 Å². The van der Waals surface area contributed by atoms with Gasteiger partial charge in [0.25, 0.3) is 0 Å². The van der Waals surface area contributed by atoms with Crippen molar-refractivity contribution in [1.82, 2.24) is 25.0 Å². The summed E-state index contributed by atoms with van der Waals surface area (Å²) in [6, 6.07) is 0. The van der Waals surface area contributed by atoms with Crippen molar-refractivity contribution in [2.24, 2.45) is 12.0 Å². The third-order valence-electron chi connectivity index (χ3n) is 3.72. The van der Waals surface area contributed by atoms with Gasteiger partial charge in [-0.05, 0) is 19.8 Å². The Bertz CT molecular complexity index is 452. The van der Waals surface area contributed by atoms with Crippen LogP contribution in [0.25, 0.3) is 0 Å². The number of guanidine groups is 1. The molecule has 0 unspecified atom stereocenters.